The fourth-order valence-electron chi connectivity index (χ4n) is 2.34. The molecule has 0 spiro atoms. The van der Waals surface area contributed by atoms with Gasteiger partial charge in [0.25, 0.3) is 0 Å². The predicted molar refractivity (Wildman–Crippen MR) is 61.1 cm³/mol. The highest BCUT2D eigenvalue weighted by atomic mass is 32.1. The number of halogens is 2. The highest BCUT2D eigenvalue weighted by Crippen LogP contribution is 2.55. The molecule has 1 saturated heterocycles. The van der Waals surface area contributed by atoms with Crippen molar-refractivity contribution in [2.45, 2.75) is 12.2 Å². The van der Waals surface area contributed by atoms with Crippen molar-refractivity contribution < 1.29 is 8.78 Å². The van der Waals surface area contributed by atoms with E-state index in [4.69, 9.17) is 0 Å². The molecule has 2 unspecified atom stereocenters. The van der Waals surface area contributed by atoms with Gasteiger partial charge >= 0.3 is 0 Å². The molecule has 1 fully saturated rings. The van der Waals surface area contributed by atoms with E-state index < -0.39 is 11.6 Å². The number of aromatic nitrogens is 1. The molecule has 86 valence electrons. The highest BCUT2D eigenvalue weighted by Gasteiger charge is 2.55. The van der Waals surface area contributed by atoms with Gasteiger partial charge in [-0.3, -0.25) is 0 Å². The van der Waals surface area contributed by atoms with Gasteiger partial charge in [-0.2, -0.15) is 0 Å². The minimum Gasteiger partial charge on any atom is -0.361 e. The lowest BCUT2D eigenvalue weighted by Crippen LogP contribution is -2.02. The van der Waals surface area contributed by atoms with Crippen LogP contribution in [0, 0.1) is 11.6 Å². The maximum absolute atomic E-state index is 13.2. The molecule has 17 heavy (non-hydrogen) atoms. The van der Waals surface area contributed by atoms with E-state index in [0.717, 1.165) is 5.01 Å². The molecule has 3 heterocycles. The van der Waals surface area contributed by atoms with Crippen molar-refractivity contribution in [3.8, 4) is 0 Å². The Morgan fingerprint density at radius 3 is 2.88 bits per heavy atom. The fourth-order valence-corrected chi connectivity index (χ4v) is 3.10. The summed E-state index contributed by atoms with van der Waals surface area (Å²) in [6.07, 6.45) is 1.85. The van der Waals surface area contributed by atoms with Crippen molar-refractivity contribution in [2.24, 2.45) is 0 Å². The van der Waals surface area contributed by atoms with Gasteiger partial charge in [-0.25, -0.2) is 13.8 Å². The van der Waals surface area contributed by atoms with Gasteiger partial charge in [-0.1, -0.05) is 0 Å². The Bertz CT molecular complexity index is 599. The maximum atomic E-state index is 13.2. The number of rotatable bonds is 1. The van der Waals surface area contributed by atoms with E-state index in [1.54, 1.807) is 17.5 Å². The van der Waals surface area contributed by atoms with E-state index in [-0.39, 0.29) is 12.2 Å². The molecule has 4 rings (SSSR count). The zero-order valence-electron chi connectivity index (χ0n) is 8.52. The molecule has 2 aliphatic rings. The van der Waals surface area contributed by atoms with Crippen LogP contribution in [-0.2, 0) is 0 Å². The van der Waals surface area contributed by atoms with E-state index in [1.807, 2.05) is 10.3 Å². The summed E-state index contributed by atoms with van der Waals surface area (Å²) in [6, 6.07) is 2.61. The summed E-state index contributed by atoms with van der Waals surface area (Å²) in [4.78, 5) is 6.25. The van der Waals surface area contributed by atoms with Crippen molar-refractivity contribution in [3.63, 3.8) is 0 Å². The molecule has 2 atom stereocenters. The number of hydrogen-bond acceptors (Lipinski definition) is 4. The number of thiazole rings is 1. The van der Waals surface area contributed by atoms with Gasteiger partial charge in [-0.05, 0) is 0 Å². The Labute approximate surface area is 99.7 Å². The van der Waals surface area contributed by atoms with Crippen molar-refractivity contribution >= 4 is 22.7 Å². The Kier molecular flexibility index (Phi) is 1.62. The predicted octanol–water partition coefficient (Wildman–Crippen LogP) is 2.73. The average Bonchev–Trinajstić information content (AvgIpc) is 2.71. The number of anilines is 2. The van der Waals surface area contributed by atoms with Crippen LogP contribution < -0.4 is 10.2 Å². The van der Waals surface area contributed by atoms with Crippen LogP contribution in [-0.4, -0.2) is 11.1 Å². The Balaban J connectivity index is 1.74. The quantitative estimate of drug-likeness (QED) is 0.790. The molecule has 0 aliphatic carbocycles. The van der Waals surface area contributed by atoms with Gasteiger partial charge in [0.05, 0.1) is 11.4 Å². The fraction of sp³-hybridized carbons (Fsp3) is 0.182. The summed E-state index contributed by atoms with van der Waals surface area (Å²) < 4.78 is 26.2. The van der Waals surface area contributed by atoms with E-state index in [9.17, 15) is 8.78 Å². The number of hydrogen-bond donors (Lipinski definition) is 1. The standard InChI is InChI=1S/C11H7F2N3S/c12-5-3-7-8(4-6(5)13)16-9(10(16)15-7)11-14-1-2-17-11/h1-4,9-10,15H. The summed E-state index contributed by atoms with van der Waals surface area (Å²) in [5.74, 6) is -1.62. The highest BCUT2D eigenvalue weighted by molar-refractivity contribution is 7.09. The van der Waals surface area contributed by atoms with Crippen molar-refractivity contribution in [1.29, 1.82) is 0 Å². The summed E-state index contributed by atoms with van der Waals surface area (Å²) >= 11 is 1.57. The van der Waals surface area contributed by atoms with Gasteiger partial charge in [0, 0.05) is 23.7 Å². The SMILES string of the molecule is Fc1cc2c(cc1F)N1C(N2)C1c1nccs1. The van der Waals surface area contributed by atoms with Crippen LogP contribution in [0.25, 0.3) is 0 Å². The lowest BCUT2D eigenvalue weighted by atomic mass is 10.2. The zero-order chi connectivity index (χ0) is 11.6. The Hall–Kier alpha value is -1.69. The number of benzene rings is 1. The van der Waals surface area contributed by atoms with Crippen LogP contribution in [0.1, 0.15) is 11.0 Å². The number of nitrogens with zero attached hydrogens (tertiary/aromatic N) is 2. The van der Waals surface area contributed by atoms with Gasteiger partial charge in [0.1, 0.15) is 17.2 Å². The lowest BCUT2D eigenvalue weighted by Gasteiger charge is -2.07. The van der Waals surface area contributed by atoms with Gasteiger partial charge in [0.2, 0.25) is 0 Å². The topological polar surface area (TPSA) is 27.9 Å². The smallest absolute Gasteiger partial charge is 0.161 e. The van der Waals surface area contributed by atoms with Crippen LogP contribution in [0.3, 0.4) is 0 Å². The molecule has 2 aromatic rings. The molecule has 3 nitrogen and oxygen atoms in total. The first kappa shape index (κ1) is 9.35. The molecule has 6 heteroatoms. The average molecular weight is 251 g/mol. The summed E-state index contributed by atoms with van der Waals surface area (Å²) in [7, 11) is 0. The Morgan fingerprint density at radius 1 is 1.29 bits per heavy atom. The van der Waals surface area contributed by atoms with Gasteiger partial charge in [0.15, 0.2) is 11.6 Å². The molecule has 1 aromatic heterocycles. The third-order valence-electron chi connectivity index (χ3n) is 3.13. The van der Waals surface area contributed by atoms with Crippen molar-refractivity contribution in [1.82, 2.24) is 4.98 Å². The second-order valence-corrected chi connectivity index (χ2v) is 5.02. The van der Waals surface area contributed by atoms with E-state index in [2.05, 4.69) is 10.3 Å². The molecule has 0 amide bonds. The van der Waals surface area contributed by atoms with E-state index in [1.165, 1.54) is 12.1 Å². The number of fused-ring (bicyclic) bond motifs is 3. The van der Waals surface area contributed by atoms with Crippen LogP contribution in [0.2, 0.25) is 0 Å². The monoisotopic (exact) mass is 251 g/mol. The molecular weight excluding hydrogens is 244 g/mol. The largest absolute Gasteiger partial charge is 0.361 e. The third kappa shape index (κ3) is 1.16. The second kappa shape index (κ2) is 2.95. The van der Waals surface area contributed by atoms with Gasteiger partial charge < -0.3 is 10.2 Å². The van der Waals surface area contributed by atoms with Crippen molar-refractivity contribution in [3.05, 3.63) is 40.4 Å². The first-order chi connectivity index (χ1) is 8.25. The van der Waals surface area contributed by atoms with Crippen LogP contribution in [0.15, 0.2) is 23.7 Å². The minimum absolute atomic E-state index is 0.0948. The molecule has 0 radical (unpaired) electrons. The molecular formula is C11H7F2N3S. The zero-order valence-corrected chi connectivity index (χ0v) is 9.34. The van der Waals surface area contributed by atoms with E-state index in [0.29, 0.717) is 11.4 Å². The maximum Gasteiger partial charge on any atom is 0.161 e. The van der Waals surface area contributed by atoms with E-state index >= 15 is 0 Å². The first-order valence-corrected chi connectivity index (χ1v) is 6.07. The Morgan fingerprint density at radius 2 is 2.12 bits per heavy atom. The normalized spacial score (nSPS) is 24.2. The number of nitrogens with one attached hydrogen (secondary N) is 1. The lowest BCUT2D eigenvalue weighted by molar-refractivity contribution is 0.509. The molecule has 0 bridgehead atoms. The second-order valence-electron chi connectivity index (χ2n) is 4.10. The van der Waals surface area contributed by atoms with Gasteiger partial charge in [-0.15, -0.1) is 11.3 Å². The summed E-state index contributed by atoms with van der Waals surface area (Å²) in [5, 5.41) is 6.08. The molecule has 1 N–H and O–H groups in total. The van der Waals surface area contributed by atoms with Crippen LogP contribution in [0.5, 0.6) is 0 Å². The molecule has 1 aromatic carbocycles. The molecule has 2 aliphatic heterocycles. The van der Waals surface area contributed by atoms with Crippen LogP contribution in [0.4, 0.5) is 20.2 Å². The first-order valence-electron chi connectivity index (χ1n) is 5.19. The minimum atomic E-state index is -0.815. The molecule has 0 saturated carbocycles. The third-order valence-corrected chi connectivity index (χ3v) is 3.98. The summed E-state index contributed by atoms with van der Waals surface area (Å²) in [5.41, 5.74) is 1.37. The summed E-state index contributed by atoms with van der Waals surface area (Å²) in [6.45, 7) is 0. The van der Waals surface area contributed by atoms with Crippen molar-refractivity contribution in [2.75, 3.05) is 10.2 Å². The van der Waals surface area contributed by atoms with Crippen LogP contribution >= 0.6 is 11.3 Å².